The molecule has 2 rings (SSSR count). The minimum atomic E-state index is 0.224. The molecule has 1 aliphatic rings. The maximum absolute atomic E-state index is 5.35. The number of benzene rings is 1. The van der Waals surface area contributed by atoms with E-state index in [0.717, 1.165) is 13.0 Å². The molecule has 0 aliphatic carbocycles. The first-order chi connectivity index (χ1) is 6.40. The van der Waals surface area contributed by atoms with E-state index in [2.05, 4.69) is 24.3 Å². The van der Waals surface area contributed by atoms with Crippen molar-refractivity contribution in [1.29, 1.82) is 0 Å². The van der Waals surface area contributed by atoms with Crippen LogP contribution in [0.3, 0.4) is 0 Å². The molecule has 2 atom stereocenters. The molecule has 1 aromatic rings. The zero-order valence-corrected chi connectivity index (χ0v) is 7.77. The third kappa shape index (κ3) is 2.29. The summed E-state index contributed by atoms with van der Waals surface area (Å²) in [7, 11) is 1.75. The third-order valence-corrected chi connectivity index (χ3v) is 2.36. The molecule has 0 radical (unpaired) electrons. The Morgan fingerprint density at radius 2 is 2.15 bits per heavy atom. The second-order valence-electron chi connectivity index (χ2n) is 3.34. The molecule has 1 heterocycles. The molecule has 0 spiro atoms. The van der Waals surface area contributed by atoms with Crippen molar-refractivity contribution < 1.29 is 9.47 Å². The Balaban J connectivity index is 1.95. The van der Waals surface area contributed by atoms with E-state index >= 15 is 0 Å². The number of hydrogen-bond donors (Lipinski definition) is 0. The van der Waals surface area contributed by atoms with Crippen molar-refractivity contribution >= 4 is 0 Å². The van der Waals surface area contributed by atoms with Crippen molar-refractivity contribution in [2.45, 2.75) is 18.6 Å². The van der Waals surface area contributed by atoms with Gasteiger partial charge in [-0.25, -0.2) is 0 Å². The average molecular weight is 178 g/mol. The van der Waals surface area contributed by atoms with Gasteiger partial charge < -0.3 is 9.47 Å². The number of ether oxygens (including phenoxy) is 2. The number of epoxide rings is 1. The predicted molar refractivity (Wildman–Crippen MR) is 50.7 cm³/mol. The first kappa shape index (κ1) is 8.73. The van der Waals surface area contributed by atoms with Crippen LogP contribution in [-0.2, 0) is 15.9 Å². The van der Waals surface area contributed by atoms with Crippen LogP contribution in [0, 0.1) is 0 Å². The topological polar surface area (TPSA) is 21.8 Å². The van der Waals surface area contributed by atoms with Gasteiger partial charge in [0.15, 0.2) is 0 Å². The first-order valence-corrected chi connectivity index (χ1v) is 4.58. The zero-order chi connectivity index (χ0) is 9.10. The van der Waals surface area contributed by atoms with Crippen LogP contribution in [0.15, 0.2) is 30.3 Å². The molecule has 0 N–H and O–H groups in total. The van der Waals surface area contributed by atoms with E-state index in [9.17, 15) is 0 Å². The van der Waals surface area contributed by atoms with Crippen molar-refractivity contribution in [1.82, 2.24) is 0 Å². The standard InChI is InChI=1S/C11H14O2/c1-12-10(11-8-13-11)7-9-5-3-2-4-6-9/h2-6,10-11H,7-8H2,1H3. The molecule has 1 saturated heterocycles. The highest BCUT2D eigenvalue weighted by molar-refractivity contribution is 5.16. The van der Waals surface area contributed by atoms with Crippen molar-refractivity contribution in [2.24, 2.45) is 0 Å². The van der Waals surface area contributed by atoms with Crippen LogP contribution in [0.5, 0.6) is 0 Å². The molecular formula is C11H14O2. The Kier molecular flexibility index (Phi) is 2.62. The van der Waals surface area contributed by atoms with Gasteiger partial charge in [0.1, 0.15) is 6.10 Å². The summed E-state index contributed by atoms with van der Waals surface area (Å²) in [5, 5.41) is 0. The summed E-state index contributed by atoms with van der Waals surface area (Å²) in [6.07, 6.45) is 1.50. The van der Waals surface area contributed by atoms with Gasteiger partial charge in [-0.3, -0.25) is 0 Å². The fourth-order valence-electron chi connectivity index (χ4n) is 1.48. The fraction of sp³-hybridized carbons (Fsp3) is 0.455. The van der Waals surface area contributed by atoms with E-state index in [1.54, 1.807) is 7.11 Å². The van der Waals surface area contributed by atoms with Gasteiger partial charge in [-0.2, -0.15) is 0 Å². The van der Waals surface area contributed by atoms with Crippen LogP contribution < -0.4 is 0 Å². The molecule has 0 saturated carbocycles. The van der Waals surface area contributed by atoms with Crippen LogP contribution in [0.25, 0.3) is 0 Å². The van der Waals surface area contributed by atoms with Crippen molar-refractivity contribution in [3.63, 3.8) is 0 Å². The molecule has 0 aromatic heterocycles. The van der Waals surface area contributed by atoms with Crippen LogP contribution in [0.4, 0.5) is 0 Å². The Bertz CT molecular complexity index is 254. The fourth-order valence-corrected chi connectivity index (χ4v) is 1.48. The minimum Gasteiger partial charge on any atom is -0.378 e. The highest BCUT2D eigenvalue weighted by atomic mass is 16.6. The summed E-state index contributed by atoms with van der Waals surface area (Å²) < 4.78 is 10.6. The summed E-state index contributed by atoms with van der Waals surface area (Å²) >= 11 is 0. The summed E-state index contributed by atoms with van der Waals surface area (Å²) in [6.45, 7) is 0.853. The largest absolute Gasteiger partial charge is 0.378 e. The van der Waals surface area contributed by atoms with E-state index in [-0.39, 0.29) is 6.10 Å². The molecule has 2 nitrogen and oxygen atoms in total. The molecule has 13 heavy (non-hydrogen) atoms. The molecule has 2 unspecified atom stereocenters. The van der Waals surface area contributed by atoms with E-state index in [0.29, 0.717) is 6.10 Å². The maximum Gasteiger partial charge on any atom is 0.107 e. The Labute approximate surface area is 78.5 Å². The summed E-state index contributed by atoms with van der Waals surface area (Å²) in [6, 6.07) is 10.4. The summed E-state index contributed by atoms with van der Waals surface area (Å²) in [5.41, 5.74) is 1.31. The van der Waals surface area contributed by atoms with Crippen LogP contribution in [0.1, 0.15) is 5.56 Å². The van der Waals surface area contributed by atoms with Gasteiger partial charge in [0.25, 0.3) is 0 Å². The van der Waals surface area contributed by atoms with Gasteiger partial charge >= 0.3 is 0 Å². The monoisotopic (exact) mass is 178 g/mol. The van der Waals surface area contributed by atoms with Crippen LogP contribution in [0.2, 0.25) is 0 Å². The smallest absolute Gasteiger partial charge is 0.107 e. The first-order valence-electron chi connectivity index (χ1n) is 4.58. The van der Waals surface area contributed by atoms with Gasteiger partial charge in [0, 0.05) is 13.5 Å². The van der Waals surface area contributed by atoms with Crippen molar-refractivity contribution in [3.8, 4) is 0 Å². The SMILES string of the molecule is COC(Cc1ccccc1)C1CO1. The second-order valence-corrected chi connectivity index (χ2v) is 3.34. The van der Waals surface area contributed by atoms with E-state index in [1.807, 2.05) is 6.07 Å². The lowest BCUT2D eigenvalue weighted by molar-refractivity contribution is 0.0765. The second kappa shape index (κ2) is 3.90. The molecule has 0 amide bonds. The van der Waals surface area contributed by atoms with Gasteiger partial charge in [0.05, 0.1) is 12.7 Å². The lowest BCUT2D eigenvalue weighted by Gasteiger charge is -2.11. The summed E-state index contributed by atoms with van der Waals surface area (Å²) in [5.74, 6) is 0. The molecule has 70 valence electrons. The normalized spacial score (nSPS) is 22.7. The van der Waals surface area contributed by atoms with Gasteiger partial charge in [0.2, 0.25) is 0 Å². The maximum atomic E-state index is 5.35. The van der Waals surface area contributed by atoms with E-state index in [4.69, 9.17) is 9.47 Å². The van der Waals surface area contributed by atoms with Crippen LogP contribution in [-0.4, -0.2) is 25.9 Å². The van der Waals surface area contributed by atoms with E-state index < -0.39 is 0 Å². The van der Waals surface area contributed by atoms with Crippen molar-refractivity contribution in [3.05, 3.63) is 35.9 Å². The quantitative estimate of drug-likeness (QED) is 0.654. The number of methoxy groups -OCH3 is 1. The van der Waals surface area contributed by atoms with Gasteiger partial charge in [-0.15, -0.1) is 0 Å². The highest BCUT2D eigenvalue weighted by Gasteiger charge is 2.32. The third-order valence-electron chi connectivity index (χ3n) is 2.36. The van der Waals surface area contributed by atoms with E-state index in [1.165, 1.54) is 5.56 Å². The lowest BCUT2D eigenvalue weighted by Crippen LogP contribution is -2.20. The summed E-state index contributed by atoms with van der Waals surface area (Å²) in [4.78, 5) is 0. The lowest BCUT2D eigenvalue weighted by atomic mass is 10.1. The Hall–Kier alpha value is -0.860. The molecule has 0 bridgehead atoms. The molecule has 2 heteroatoms. The Morgan fingerprint density at radius 1 is 1.46 bits per heavy atom. The highest BCUT2D eigenvalue weighted by Crippen LogP contribution is 2.19. The van der Waals surface area contributed by atoms with Gasteiger partial charge in [-0.05, 0) is 5.56 Å². The number of hydrogen-bond acceptors (Lipinski definition) is 2. The number of rotatable bonds is 4. The Morgan fingerprint density at radius 3 is 2.69 bits per heavy atom. The molecule has 1 aliphatic heterocycles. The molecule has 1 fully saturated rings. The van der Waals surface area contributed by atoms with Crippen molar-refractivity contribution in [2.75, 3.05) is 13.7 Å². The van der Waals surface area contributed by atoms with Gasteiger partial charge in [-0.1, -0.05) is 30.3 Å². The zero-order valence-electron chi connectivity index (χ0n) is 7.77. The van der Waals surface area contributed by atoms with Crippen LogP contribution >= 0.6 is 0 Å². The predicted octanol–water partition coefficient (Wildman–Crippen LogP) is 1.64. The average Bonchev–Trinajstić information content (AvgIpc) is 2.99. The minimum absolute atomic E-state index is 0.224. The molecular weight excluding hydrogens is 164 g/mol. The molecule has 1 aromatic carbocycles.